The van der Waals surface area contributed by atoms with E-state index in [1.54, 1.807) is 0 Å². The molecule has 2 aromatic carbocycles. The van der Waals surface area contributed by atoms with E-state index in [-0.39, 0.29) is 17.4 Å². The molecule has 0 radical (unpaired) electrons. The lowest BCUT2D eigenvalue weighted by atomic mass is 9.53. The summed E-state index contributed by atoms with van der Waals surface area (Å²) in [7, 11) is 0. The maximum absolute atomic E-state index is 11.5. The summed E-state index contributed by atoms with van der Waals surface area (Å²) < 4.78 is 6.35. The molecule has 2 aliphatic carbocycles. The summed E-state index contributed by atoms with van der Waals surface area (Å²) in [5.41, 5.74) is 1.11. The summed E-state index contributed by atoms with van der Waals surface area (Å²) in [5.74, 6) is 1.54. The molecule has 3 nitrogen and oxygen atoms in total. The molecule has 2 aliphatic rings. The molecule has 0 saturated heterocycles. The summed E-state index contributed by atoms with van der Waals surface area (Å²) in [4.78, 5) is 11.5. The Balaban J connectivity index is 1.48. The van der Waals surface area contributed by atoms with Crippen LogP contribution in [0.3, 0.4) is 0 Å². The molecule has 4 heteroatoms. The van der Waals surface area contributed by atoms with Gasteiger partial charge in [0, 0.05) is 5.39 Å². The quantitative estimate of drug-likeness (QED) is 0.458. The lowest BCUT2D eigenvalue weighted by Crippen LogP contribution is -2.49. The second kappa shape index (κ2) is 9.25. The fourth-order valence-corrected chi connectivity index (χ4v) is 6.18. The van der Waals surface area contributed by atoms with Gasteiger partial charge in [-0.1, -0.05) is 63.9 Å². The van der Waals surface area contributed by atoms with Gasteiger partial charge in [-0.25, -0.2) is 0 Å². The van der Waals surface area contributed by atoms with Crippen LogP contribution >= 0.6 is 11.6 Å². The smallest absolute Gasteiger partial charge is 0.307 e. The average molecular weight is 457 g/mol. The summed E-state index contributed by atoms with van der Waals surface area (Å²) in [6.07, 6.45) is 8.01. The van der Waals surface area contributed by atoms with Gasteiger partial charge in [0.05, 0.1) is 17.0 Å². The molecular weight excluding hydrogens is 420 g/mol. The van der Waals surface area contributed by atoms with Gasteiger partial charge in [-0.3, -0.25) is 4.79 Å². The molecule has 1 unspecified atom stereocenters. The van der Waals surface area contributed by atoms with E-state index in [2.05, 4.69) is 52.0 Å². The molecule has 1 N–H and O–H groups in total. The van der Waals surface area contributed by atoms with E-state index in [0.717, 1.165) is 48.1 Å². The maximum atomic E-state index is 11.5. The van der Waals surface area contributed by atoms with E-state index in [0.29, 0.717) is 16.9 Å². The number of hydrogen-bond donors (Lipinski definition) is 1. The molecule has 2 fully saturated rings. The van der Waals surface area contributed by atoms with Crippen LogP contribution in [-0.2, 0) is 4.79 Å². The predicted molar refractivity (Wildman–Crippen MR) is 132 cm³/mol. The number of benzene rings is 2. The molecule has 0 heterocycles. The number of carboxylic acid groups (broad SMARTS) is 1. The van der Waals surface area contributed by atoms with Crippen molar-refractivity contribution in [2.75, 3.05) is 0 Å². The Morgan fingerprint density at radius 3 is 2.50 bits per heavy atom. The first-order chi connectivity index (χ1) is 15.2. The first-order valence-corrected chi connectivity index (χ1v) is 12.7. The molecule has 3 atom stereocenters. The van der Waals surface area contributed by atoms with E-state index in [1.807, 2.05) is 6.07 Å². The third kappa shape index (κ3) is 4.51. The van der Waals surface area contributed by atoms with E-state index in [9.17, 15) is 9.90 Å². The van der Waals surface area contributed by atoms with E-state index in [4.69, 9.17) is 16.3 Å². The topological polar surface area (TPSA) is 46.5 Å². The van der Waals surface area contributed by atoms with Crippen molar-refractivity contribution in [3.63, 3.8) is 0 Å². The number of carboxylic acids is 1. The Morgan fingerprint density at radius 1 is 1.19 bits per heavy atom. The van der Waals surface area contributed by atoms with Crippen LogP contribution < -0.4 is 4.74 Å². The van der Waals surface area contributed by atoms with Crippen molar-refractivity contribution in [3.05, 3.63) is 40.9 Å². The zero-order valence-electron chi connectivity index (χ0n) is 19.9. The largest absolute Gasteiger partial charge is 0.489 e. The lowest BCUT2D eigenvalue weighted by molar-refractivity contribution is -0.159. The van der Waals surface area contributed by atoms with Crippen LogP contribution in [0.15, 0.2) is 30.3 Å². The summed E-state index contributed by atoms with van der Waals surface area (Å²) >= 11 is 6.85. The lowest BCUT2D eigenvalue weighted by Gasteiger charge is -2.51. The van der Waals surface area contributed by atoms with Crippen molar-refractivity contribution in [1.82, 2.24) is 0 Å². The number of fused-ring (bicyclic) bond motifs is 1. The van der Waals surface area contributed by atoms with Crippen molar-refractivity contribution in [1.29, 1.82) is 0 Å². The highest BCUT2D eigenvalue weighted by Crippen LogP contribution is 2.54. The molecule has 32 heavy (non-hydrogen) atoms. The van der Waals surface area contributed by atoms with Crippen molar-refractivity contribution >= 4 is 28.3 Å². The van der Waals surface area contributed by atoms with Crippen LogP contribution in [0.4, 0.5) is 0 Å². The predicted octanol–water partition coefficient (Wildman–Crippen LogP) is 8.08. The molecule has 0 aliphatic heterocycles. The SMILES string of the molecule is CCC1CCC(Oc2ccc3ccc(C(C)C[C@H]4C[C@@H](C(=O)O)C4(C)C)cc3c2Cl)CC1. The molecule has 2 aromatic rings. The van der Waals surface area contributed by atoms with Gasteiger partial charge in [0.25, 0.3) is 0 Å². The summed E-state index contributed by atoms with van der Waals surface area (Å²) in [6.45, 7) is 8.72. The fraction of sp³-hybridized carbons (Fsp3) is 0.607. The number of aliphatic carboxylic acids is 1. The molecule has 0 aromatic heterocycles. The summed E-state index contributed by atoms with van der Waals surface area (Å²) in [5, 5.41) is 12.3. The number of halogens is 1. The zero-order valence-corrected chi connectivity index (χ0v) is 20.6. The van der Waals surface area contributed by atoms with Gasteiger partial charge in [-0.15, -0.1) is 0 Å². The van der Waals surface area contributed by atoms with Crippen molar-refractivity contribution in [2.24, 2.45) is 23.2 Å². The Bertz CT molecular complexity index is 974. The molecular formula is C28H37ClO3. The number of ether oxygens (including phenoxy) is 1. The Hall–Kier alpha value is -1.74. The van der Waals surface area contributed by atoms with Crippen LogP contribution in [0, 0.1) is 23.2 Å². The number of rotatable bonds is 7. The molecule has 174 valence electrons. The normalized spacial score (nSPS) is 28.2. The Kier molecular flexibility index (Phi) is 6.77. The maximum Gasteiger partial charge on any atom is 0.307 e. The van der Waals surface area contributed by atoms with Gasteiger partial charge in [-0.05, 0) is 84.8 Å². The van der Waals surface area contributed by atoms with Gasteiger partial charge in [0.15, 0.2) is 0 Å². The van der Waals surface area contributed by atoms with Crippen molar-refractivity contribution < 1.29 is 14.6 Å². The van der Waals surface area contributed by atoms with Gasteiger partial charge in [0.2, 0.25) is 0 Å². The minimum atomic E-state index is -0.660. The molecule has 0 amide bonds. The Labute approximate surface area is 197 Å². The fourth-order valence-electron chi connectivity index (χ4n) is 5.91. The molecule has 0 spiro atoms. The number of hydrogen-bond acceptors (Lipinski definition) is 2. The highest BCUT2D eigenvalue weighted by atomic mass is 35.5. The van der Waals surface area contributed by atoms with Crippen LogP contribution in [0.1, 0.15) is 84.1 Å². The van der Waals surface area contributed by atoms with E-state index < -0.39 is 5.97 Å². The van der Waals surface area contributed by atoms with Crippen molar-refractivity contribution in [2.45, 2.75) is 84.7 Å². The van der Waals surface area contributed by atoms with Crippen LogP contribution in [0.2, 0.25) is 5.02 Å². The van der Waals surface area contributed by atoms with Gasteiger partial charge >= 0.3 is 5.97 Å². The highest BCUT2D eigenvalue weighted by Gasteiger charge is 2.51. The highest BCUT2D eigenvalue weighted by molar-refractivity contribution is 6.37. The molecule has 4 rings (SSSR count). The number of carbonyl (C=O) groups is 1. The average Bonchev–Trinajstić information content (AvgIpc) is 2.78. The van der Waals surface area contributed by atoms with Gasteiger partial charge < -0.3 is 9.84 Å². The Morgan fingerprint density at radius 2 is 1.88 bits per heavy atom. The third-order valence-electron chi connectivity index (χ3n) is 8.58. The van der Waals surface area contributed by atoms with Crippen LogP contribution in [-0.4, -0.2) is 17.2 Å². The van der Waals surface area contributed by atoms with Gasteiger partial charge in [0.1, 0.15) is 5.75 Å². The van der Waals surface area contributed by atoms with Crippen LogP contribution in [0.25, 0.3) is 10.8 Å². The zero-order chi connectivity index (χ0) is 23.0. The first kappa shape index (κ1) is 23.4. The standard InChI is InChI=1S/C28H37ClO3/c1-5-18-6-11-22(12-7-18)32-25-13-10-19-8-9-20(15-23(19)26(25)29)17(2)14-21-16-24(27(30)31)28(21,3)4/h8-10,13,15,17-18,21-22,24H,5-7,11-12,14,16H2,1-4H3,(H,30,31)/t17?,18?,21-,22?,24-/m0/s1. The first-order valence-electron chi connectivity index (χ1n) is 12.3. The minimum absolute atomic E-state index is 0.146. The van der Waals surface area contributed by atoms with Crippen LogP contribution in [0.5, 0.6) is 5.75 Å². The van der Waals surface area contributed by atoms with Gasteiger partial charge in [-0.2, -0.15) is 0 Å². The minimum Gasteiger partial charge on any atom is -0.489 e. The second-order valence-corrected chi connectivity index (χ2v) is 11.2. The molecule has 0 bridgehead atoms. The molecule has 2 saturated carbocycles. The summed E-state index contributed by atoms with van der Waals surface area (Å²) in [6, 6.07) is 10.7. The van der Waals surface area contributed by atoms with E-state index in [1.165, 1.54) is 24.8 Å². The third-order valence-corrected chi connectivity index (χ3v) is 8.97. The second-order valence-electron chi connectivity index (χ2n) is 10.8. The monoisotopic (exact) mass is 456 g/mol. The van der Waals surface area contributed by atoms with Crippen molar-refractivity contribution in [3.8, 4) is 5.75 Å². The van der Waals surface area contributed by atoms with E-state index >= 15 is 0 Å².